The van der Waals surface area contributed by atoms with E-state index < -0.39 is 0 Å². The summed E-state index contributed by atoms with van der Waals surface area (Å²) in [5, 5.41) is 13.5. The molecule has 2 atom stereocenters. The predicted molar refractivity (Wildman–Crippen MR) is 83.2 cm³/mol. The van der Waals surface area contributed by atoms with Crippen LogP contribution in [0.4, 0.5) is 0 Å². The highest BCUT2D eigenvalue weighted by Crippen LogP contribution is 2.29. The van der Waals surface area contributed by atoms with E-state index in [1.165, 1.54) is 12.8 Å². The van der Waals surface area contributed by atoms with Crippen molar-refractivity contribution >= 4 is 16.8 Å². The van der Waals surface area contributed by atoms with Gasteiger partial charge in [-0.3, -0.25) is 4.79 Å². The number of carbonyl (C=O) groups is 1. The SMILES string of the molecule is O=C(NCC1CCCCC1CO)c1cccc2cc[nH]c12. The van der Waals surface area contributed by atoms with Crippen LogP contribution in [0.15, 0.2) is 30.5 Å². The average molecular weight is 286 g/mol. The van der Waals surface area contributed by atoms with Gasteiger partial charge in [-0.25, -0.2) is 0 Å². The molecule has 1 aliphatic carbocycles. The second-order valence-electron chi connectivity index (χ2n) is 5.94. The Hall–Kier alpha value is -1.81. The number of fused-ring (bicyclic) bond motifs is 1. The van der Waals surface area contributed by atoms with Gasteiger partial charge in [-0.1, -0.05) is 25.0 Å². The monoisotopic (exact) mass is 286 g/mol. The molecule has 1 aromatic heterocycles. The van der Waals surface area contributed by atoms with Crippen molar-refractivity contribution in [3.05, 3.63) is 36.0 Å². The van der Waals surface area contributed by atoms with Crippen molar-refractivity contribution in [1.82, 2.24) is 10.3 Å². The fourth-order valence-corrected chi connectivity index (χ4v) is 3.39. The van der Waals surface area contributed by atoms with Crippen LogP contribution in [0.25, 0.3) is 10.9 Å². The van der Waals surface area contributed by atoms with Crippen LogP contribution in [-0.2, 0) is 0 Å². The zero-order chi connectivity index (χ0) is 14.7. The summed E-state index contributed by atoms with van der Waals surface area (Å²) in [5.41, 5.74) is 1.58. The Morgan fingerprint density at radius 3 is 2.86 bits per heavy atom. The Labute approximate surface area is 124 Å². The van der Waals surface area contributed by atoms with Crippen LogP contribution in [0.3, 0.4) is 0 Å². The number of nitrogens with one attached hydrogen (secondary N) is 2. The van der Waals surface area contributed by atoms with Crippen LogP contribution in [0, 0.1) is 11.8 Å². The van der Waals surface area contributed by atoms with Crippen LogP contribution in [0.5, 0.6) is 0 Å². The smallest absolute Gasteiger partial charge is 0.253 e. The molecule has 4 nitrogen and oxygen atoms in total. The van der Waals surface area contributed by atoms with Gasteiger partial charge in [0, 0.05) is 24.7 Å². The number of hydrogen-bond donors (Lipinski definition) is 3. The minimum atomic E-state index is -0.0367. The first-order valence-corrected chi connectivity index (χ1v) is 7.74. The second kappa shape index (κ2) is 6.31. The van der Waals surface area contributed by atoms with Crippen molar-refractivity contribution in [3.8, 4) is 0 Å². The Bertz CT molecular complexity index is 620. The van der Waals surface area contributed by atoms with E-state index >= 15 is 0 Å². The van der Waals surface area contributed by atoms with Gasteiger partial charge in [0.2, 0.25) is 0 Å². The number of carbonyl (C=O) groups excluding carboxylic acids is 1. The molecule has 21 heavy (non-hydrogen) atoms. The largest absolute Gasteiger partial charge is 0.396 e. The molecule has 4 heteroatoms. The van der Waals surface area contributed by atoms with Crippen molar-refractivity contribution in [3.63, 3.8) is 0 Å². The van der Waals surface area contributed by atoms with E-state index in [1.54, 1.807) is 0 Å². The number of aromatic nitrogens is 1. The number of H-pyrrole nitrogens is 1. The van der Waals surface area contributed by atoms with Crippen molar-refractivity contribution < 1.29 is 9.90 Å². The second-order valence-corrected chi connectivity index (χ2v) is 5.94. The highest BCUT2D eigenvalue weighted by molar-refractivity contribution is 6.05. The number of rotatable bonds is 4. The van der Waals surface area contributed by atoms with Gasteiger partial charge in [0.15, 0.2) is 0 Å². The van der Waals surface area contributed by atoms with Gasteiger partial charge in [0.25, 0.3) is 5.91 Å². The maximum Gasteiger partial charge on any atom is 0.253 e. The first kappa shape index (κ1) is 14.1. The lowest BCUT2D eigenvalue weighted by atomic mass is 9.79. The number of para-hydroxylation sites is 1. The zero-order valence-corrected chi connectivity index (χ0v) is 12.1. The summed E-state index contributed by atoms with van der Waals surface area (Å²) < 4.78 is 0. The molecule has 1 aliphatic rings. The highest BCUT2D eigenvalue weighted by atomic mass is 16.3. The normalized spacial score (nSPS) is 22.3. The van der Waals surface area contributed by atoms with Crippen molar-refractivity contribution in [2.24, 2.45) is 11.8 Å². The van der Waals surface area contributed by atoms with Gasteiger partial charge >= 0.3 is 0 Å². The maximum atomic E-state index is 12.4. The molecule has 1 amide bonds. The van der Waals surface area contributed by atoms with E-state index in [4.69, 9.17) is 0 Å². The molecule has 1 saturated carbocycles. The molecule has 0 radical (unpaired) electrons. The van der Waals surface area contributed by atoms with Crippen molar-refractivity contribution in [2.45, 2.75) is 25.7 Å². The van der Waals surface area contributed by atoms with Gasteiger partial charge in [-0.05, 0) is 36.8 Å². The van der Waals surface area contributed by atoms with Crippen LogP contribution >= 0.6 is 0 Å². The van der Waals surface area contributed by atoms with Gasteiger partial charge in [0.1, 0.15) is 0 Å². The molecular weight excluding hydrogens is 264 g/mol. The van der Waals surface area contributed by atoms with Crippen LogP contribution in [0.2, 0.25) is 0 Å². The molecule has 0 aliphatic heterocycles. The molecule has 2 aromatic rings. The van der Waals surface area contributed by atoms with E-state index in [2.05, 4.69) is 10.3 Å². The highest BCUT2D eigenvalue weighted by Gasteiger charge is 2.25. The summed E-state index contributed by atoms with van der Waals surface area (Å²) in [7, 11) is 0. The lowest BCUT2D eigenvalue weighted by Crippen LogP contribution is -2.35. The van der Waals surface area contributed by atoms with E-state index in [1.807, 2.05) is 30.5 Å². The Morgan fingerprint density at radius 1 is 1.24 bits per heavy atom. The fourth-order valence-electron chi connectivity index (χ4n) is 3.39. The average Bonchev–Trinajstić information content (AvgIpc) is 3.01. The number of benzene rings is 1. The maximum absolute atomic E-state index is 12.4. The summed E-state index contributed by atoms with van der Waals surface area (Å²) in [6, 6.07) is 7.71. The molecule has 3 rings (SSSR count). The quantitative estimate of drug-likeness (QED) is 0.809. The summed E-state index contributed by atoms with van der Waals surface area (Å²) in [6.45, 7) is 0.883. The van der Waals surface area contributed by atoms with E-state index in [9.17, 15) is 9.90 Å². The molecule has 3 N–H and O–H groups in total. The van der Waals surface area contributed by atoms with Crippen LogP contribution in [0.1, 0.15) is 36.0 Å². The van der Waals surface area contributed by atoms with Gasteiger partial charge in [-0.2, -0.15) is 0 Å². The van der Waals surface area contributed by atoms with Crippen molar-refractivity contribution in [2.75, 3.05) is 13.2 Å². The Balaban J connectivity index is 1.67. The number of amides is 1. The predicted octanol–water partition coefficient (Wildman–Crippen LogP) is 2.70. The lowest BCUT2D eigenvalue weighted by molar-refractivity contribution is 0.0910. The third-order valence-electron chi connectivity index (χ3n) is 4.66. The van der Waals surface area contributed by atoms with Gasteiger partial charge in [-0.15, -0.1) is 0 Å². The third kappa shape index (κ3) is 2.95. The Morgan fingerprint density at radius 2 is 2.05 bits per heavy atom. The first-order chi connectivity index (χ1) is 10.3. The standard InChI is InChI=1S/C17H22N2O2/c20-11-14-5-2-1-4-13(14)10-19-17(21)15-7-3-6-12-8-9-18-16(12)15/h3,6-9,13-14,18,20H,1-2,4-5,10-11H2,(H,19,21). The number of hydrogen-bond acceptors (Lipinski definition) is 2. The molecule has 0 spiro atoms. The third-order valence-corrected chi connectivity index (χ3v) is 4.66. The minimum Gasteiger partial charge on any atom is -0.396 e. The summed E-state index contributed by atoms with van der Waals surface area (Å²) in [4.78, 5) is 15.5. The summed E-state index contributed by atoms with van der Waals surface area (Å²) in [5.74, 6) is 0.696. The van der Waals surface area contributed by atoms with Crippen molar-refractivity contribution in [1.29, 1.82) is 0 Å². The molecular formula is C17H22N2O2. The van der Waals surface area contributed by atoms with Gasteiger partial charge in [0.05, 0.1) is 11.1 Å². The molecule has 1 fully saturated rings. The number of aromatic amines is 1. The number of aliphatic hydroxyl groups excluding tert-OH is 1. The number of aliphatic hydroxyl groups is 1. The summed E-state index contributed by atoms with van der Waals surface area (Å²) >= 11 is 0. The first-order valence-electron chi connectivity index (χ1n) is 7.74. The molecule has 1 aromatic carbocycles. The summed E-state index contributed by atoms with van der Waals surface area (Å²) in [6.07, 6.45) is 6.41. The fraction of sp³-hybridized carbons (Fsp3) is 0.471. The van der Waals surface area contributed by atoms with E-state index in [-0.39, 0.29) is 12.5 Å². The molecule has 112 valence electrons. The molecule has 1 heterocycles. The lowest BCUT2D eigenvalue weighted by Gasteiger charge is -2.30. The minimum absolute atomic E-state index is 0.0367. The van der Waals surface area contributed by atoms with Gasteiger partial charge < -0.3 is 15.4 Å². The zero-order valence-electron chi connectivity index (χ0n) is 12.1. The van der Waals surface area contributed by atoms with Crippen LogP contribution in [-0.4, -0.2) is 29.1 Å². The Kier molecular flexibility index (Phi) is 4.25. The molecule has 2 unspecified atom stereocenters. The van der Waals surface area contributed by atoms with Crippen LogP contribution < -0.4 is 5.32 Å². The van der Waals surface area contributed by atoms with E-state index in [0.29, 0.717) is 23.9 Å². The molecule has 0 saturated heterocycles. The van der Waals surface area contributed by atoms with E-state index in [0.717, 1.165) is 23.7 Å². The molecule has 0 bridgehead atoms. The topological polar surface area (TPSA) is 65.1 Å².